The number of rotatable bonds is 6. The fraction of sp³-hybridized carbons (Fsp3) is 0.333. The molecule has 1 aromatic heterocycles. The molecule has 1 rings (SSSR count). The molecule has 1 amide bonds. The van der Waals surface area contributed by atoms with Gasteiger partial charge in [0.05, 0.1) is 11.3 Å². The Morgan fingerprint density at radius 3 is 2.70 bits per heavy atom. The van der Waals surface area contributed by atoms with Crippen LogP contribution in [0.25, 0.3) is 0 Å². The van der Waals surface area contributed by atoms with E-state index in [-0.39, 0.29) is 41.2 Å². The number of nitrogens with two attached hydrogens (primary N) is 1. The lowest BCUT2D eigenvalue weighted by Crippen LogP contribution is -2.29. The van der Waals surface area contributed by atoms with Gasteiger partial charge in [0.15, 0.2) is 5.82 Å². The molecule has 1 heterocycles. The number of aliphatic imine (C=N–C) groups is 2. The van der Waals surface area contributed by atoms with Crippen molar-refractivity contribution in [2.24, 2.45) is 15.7 Å². The third-order valence-corrected chi connectivity index (χ3v) is 2.96. The summed E-state index contributed by atoms with van der Waals surface area (Å²) in [7, 11) is 1.47. The second-order valence-electron chi connectivity index (χ2n) is 5.20. The van der Waals surface area contributed by atoms with Crippen LogP contribution in [0.5, 0.6) is 0 Å². The Hall–Kier alpha value is -1.84. The minimum absolute atomic E-state index is 0. The van der Waals surface area contributed by atoms with Crippen LogP contribution in [0.15, 0.2) is 40.0 Å². The van der Waals surface area contributed by atoms with Crippen molar-refractivity contribution < 1.29 is 9.18 Å². The SMILES string of the molecule is C=N/C=C(C(=O)NC)\C(N)=N\c1cccc(C(C)(C)CF)n1.I. The van der Waals surface area contributed by atoms with Crippen LogP contribution in [0.2, 0.25) is 0 Å². The van der Waals surface area contributed by atoms with Crippen molar-refractivity contribution in [1.29, 1.82) is 0 Å². The Kier molecular flexibility index (Phi) is 8.59. The highest BCUT2D eigenvalue weighted by molar-refractivity contribution is 14.0. The number of likely N-dealkylation sites (N-methyl/N-ethyl adjacent to an activating group) is 1. The minimum Gasteiger partial charge on any atom is -0.383 e. The molecule has 0 fully saturated rings. The smallest absolute Gasteiger partial charge is 0.256 e. The van der Waals surface area contributed by atoms with Gasteiger partial charge in [-0.05, 0) is 18.9 Å². The Bertz CT molecular complexity index is 628. The fourth-order valence-corrected chi connectivity index (χ4v) is 1.58. The first-order valence-corrected chi connectivity index (χ1v) is 6.62. The lowest BCUT2D eigenvalue weighted by molar-refractivity contribution is -0.116. The van der Waals surface area contributed by atoms with E-state index in [0.29, 0.717) is 5.69 Å². The molecule has 0 spiro atoms. The zero-order chi connectivity index (χ0) is 16.8. The number of pyridine rings is 1. The van der Waals surface area contributed by atoms with Gasteiger partial charge in [-0.3, -0.25) is 14.2 Å². The first kappa shape index (κ1) is 21.2. The molecule has 8 heteroatoms. The average Bonchev–Trinajstić information content (AvgIpc) is 2.52. The lowest BCUT2D eigenvalue weighted by Gasteiger charge is -2.19. The topological polar surface area (TPSA) is 92.7 Å². The largest absolute Gasteiger partial charge is 0.383 e. The number of amidine groups is 1. The highest BCUT2D eigenvalue weighted by atomic mass is 127. The zero-order valence-electron chi connectivity index (χ0n) is 13.3. The molecule has 126 valence electrons. The molecule has 0 aromatic carbocycles. The number of alkyl halides is 1. The number of carbonyl (C=O) groups is 1. The monoisotopic (exact) mass is 433 g/mol. The minimum atomic E-state index is -0.720. The molecule has 1 aromatic rings. The number of nitrogens with zero attached hydrogens (tertiary/aromatic N) is 3. The van der Waals surface area contributed by atoms with Gasteiger partial charge in [-0.2, -0.15) is 0 Å². The van der Waals surface area contributed by atoms with Gasteiger partial charge in [-0.15, -0.1) is 24.0 Å². The highest BCUT2D eigenvalue weighted by Gasteiger charge is 2.22. The summed E-state index contributed by atoms with van der Waals surface area (Å²) in [5.74, 6) is -0.196. The van der Waals surface area contributed by atoms with Crippen LogP contribution in [0.3, 0.4) is 0 Å². The predicted molar refractivity (Wildman–Crippen MR) is 102 cm³/mol. The molecular formula is C15H21FIN5O. The quantitative estimate of drug-likeness (QED) is 0.312. The van der Waals surface area contributed by atoms with E-state index in [9.17, 15) is 9.18 Å². The van der Waals surface area contributed by atoms with Crippen LogP contribution >= 0.6 is 24.0 Å². The maximum Gasteiger partial charge on any atom is 0.256 e. The third-order valence-electron chi connectivity index (χ3n) is 2.96. The molecule has 0 aliphatic heterocycles. The Morgan fingerprint density at radius 2 is 2.17 bits per heavy atom. The number of hydrogen-bond donors (Lipinski definition) is 2. The van der Waals surface area contributed by atoms with E-state index in [1.54, 1.807) is 32.0 Å². The number of carbonyl (C=O) groups excluding carboxylic acids is 1. The zero-order valence-corrected chi connectivity index (χ0v) is 15.7. The van der Waals surface area contributed by atoms with Crippen LogP contribution in [0, 0.1) is 0 Å². The standard InChI is InChI=1S/C15H20FN5O.HI/c1-15(2,9-16)11-6-5-7-12(20-11)21-13(17)10(8-18-3)14(22)19-4;/h5-8H,3,9H2,1-2,4H3,(H,19,22)(H2,17,20,21);1H/b10-8+;. The van der Waals surface area contributed by atoms with Crippen molar-refractivity contribution in [3.63, 3.8) is 0 Å². The van der Waals surface area contributed by atoms with Gasteiger partial charge in [0, 0.05) is 18.7 Å². The molecule has 0 atom stereocenters. The molecular weight excluding hydrogens is 412 g/mol. The summed E-state index contributed by atoms with van der Waals surface area (Å²) in [6, 6.07) is 5.05. The van der Waals surface area contributed by atoms with Crippen molar-refractivity contribution in [2.75, 3.05) is 13.7 Å². The van der Waals surface area contributed by atoms with Crippen molar-refractivity contribution >= 4 is 48.3 Å². The number of halogens is 2. The van der Waals surface area contributed by atoms with Crippen LogP contribution in [0.4, 0.5) is 10.2 Å². The van der Waals surface area contributed by atoms with Crippen LogP contribution < -0.4 is 11.1 Å². The summed E-state index contributed by atoms with van der Waals surface area (Å²) in [6.45, 7) is 6.22. The van der Waals surface area contributed by atoms with Crippen LogP contribution in [-0.2, 0) is 10.2 Å². The maximum atomic E-state index is 13.0. The van der Waals surface area contributed by atoms with Gasteiger partial charge in [0.1, 0.15) is 12.5 Å². The Morgan fingerprint density at radius 1 is 1.52 bits per heavy atom. The van der Waals surface area contributed by atoms with Crippen molar-refractivity contribution in [1.82, 2.24) is 10.3 Å². The van der Waals surface area contributed by atoms with Gasteiger partial charge in [0.25, 0.3) is 5.91 Å². The van der Waals surface area contributed by atoms with Crippen molar-refractivity contribution in [2.45, 2.75) is 19.3 Å². The van der Waals surface area contributed by atoms with E-state index < -0.39 is 18.0 Å². The van der Waals surface area contributed by atoms with Gasteiger partial charge < -0.3 is 11.1 Å². The molecule has 0 aliphatic rings. The average molecular weight is 433 g/mol. The summed E-state index contributed by atoms with van der Waals surface area (Å²) < 4.78 is 13.0. The summed E-state index contributed by atoms with van der Waals surface area (Å²) in [4.78, 5) is 23.6. The molecule has 0 radical (unpaired) electrons. The molecule has 3 N–H and O–H groups in total. The van der Waals surface area contributed by atoms with E-state index >= 15 is 0 Å². The molecule has 0 saturated heterocycles. The van der Waals surface area contributed by atoms with Gasteiger partial charge >= 0.3 is 0 Å². The van der Waals surface area contributed by atoms with Gasteiger partial charge in [-0.1, -0.05) is 19.9 Å². The number of aromatic nitrogens is 1. The van der Waals surface area contributed by atoms with Crippen LogP contribution in [-0.4, -0.2) is 37.2 Å². The number of amides is 1. The van der Waals surface area contributed by atoms with E-state index in [4.69, 9.17) is 5.73 Å². The van der Waals surface area contributed by atoms with E-state index in [1.807, 2.05) is 0 Å². The maximum absolute atomic E-state index is 13.0. The summed E-state index contributed by atoms with van der Waals surface area (Å²) >= 11 is 0. The van der Waals surface area contributed by atoms with Crippen molar-refractivity contribution in [3.05, 3.63) is 35.7 Å². The lowest BCUT2D eigenvalue weighted by atomic mass is 9.90. The van der Waals surface area contributed by atoms with Gasteiger partial charge in [0.2, 0.25) is 0 Å². The third kappa shape index (κ3) is 5.70. The van der Waals surface area contributed by atoms with E-state index in [1.165, 1.54) is 13.2 Å². The molecule has 0 aliphatic carbocycles. The molecule has 0 saturated carbocycles. The number of hydrogen-bond acceptors (Lipinski definition) is 4. The van der Waals surface area contributed by atoms with Gasteiger partial charge in [-0.25, -0.2) is 9.98 Å². The fourth-order valence-electron chi connectivity index (χ4n) is 1.58. The summed E-state index contributed by atoms with van der Waals surface area (Å²) in [6.07, 6.45) is 1.22. The van der Waals surface area contributed by atoms with Crippen molar-refractivity contribution in [3.8, 4) is 0 Å². The normalized spacial score (nSPS) is 12.3. The second kappa shape index (κ2) is 9.33. The Labute approximate surface area is 152 Å². The predicted octanol–water partition coefficient (Wildman–Crippen LogP) is 2.27. The molecule has 0 bridgehead atoms. The molecule has 0 unspecified atom stereocenters. The summed E-state index contributed by atoms with van der Waals surface area (Å²) in [5, 5.41) is 2.44. The first-order chi connectivity index (χ1) is 10.4. The first-order valence-electron chi connectivity index (χ1n) is 6.62. The second-order valence-corrected chi connectivity index (χ2v) is 5.20. The number of nitrogens with one attached hydrogen (secondary N) is 1. The summed E-state index contributed by atoms with van der Waals surface area (Å²) in [5.41, 5.74) is 5.73. The van der Waals surface area contributed by atoms with E-state index in [0.717, 1.165) is 0 Å². The highest BCUT2D eigenvalue weighted by Crippen LogP contribution is 2.23. The molecule has 23 heavy (non-hydrogen) atoms. The molecule has 6 nitrogen and oxygen atoms in total. The Balaban J connectivity index is 0.00000484. The van der Waals surface area contributed by atoms with Crippen LogP contribution in [0.1, 0.15) is 19.5 Å². The van der Waals surface area contributed by atoms with E-state index in [2.05, 4.69) is 27.0 Å².